The second-order valence-corrected chi connectivity index (χ2v) is 8.36. The van der Waals surface area contributed by atoms with Gasteiger partial charge in [-0.3, -0.25) is 4.90 Å². The van der Waals surface area contributed by atoms with Gasteiger partial charge in [0.25, 0.3) is 3.12 Å². The van der Waals surface area contributed by atoms with E-state index in [4.69, 9.17) is 34.8 Å². The molecule has 0 spiro atoms. The van der Waals surface area contributed by atoms with Gasteiger partial charge in [0.2, 0.25) is 0 Å². The zero-order chi connectivity index (χ0) is 13.3. The second kappa shape index (κ2) is 5.64. The van der Waals surface area contributed by atoms with Crippen LogP contribution in [0.1, 0.15) is 0 Å². The molecule has 2 amide bonds. The lowest BCUT2D eigenvalue weighted by molar-refractivity contribution is 0.236. The van der Waals surface area contributed by atoms with Crippen molar-refractivity contribution in [2.24, 2.45) is 0 Å². The summed E-state index contributed by atoms with van der Waals surface area (Å²) in [5.74, 6) is 0. The summed E-state index contributed by atoms with van der Waals surface area (Å²) in [6.45, 7) is 0.328. The quantitative estimate of drug-likeness (QED) is 0.608. The maximum absolute atomic E-state index is 12.0. The lowest BCUT2D eigenvalue weighted by Gasteiger charge is -2.19. The van der Waals surface area contributed by atoms with Gasteiger partial charge in [-0.05, 0) is 24.3 Å². The van der Waals surface area contributed by atoms with E-state index in [2.05, 4.69) is 21.4 Å². The molecule has 1 aromatic carbocycles. The van der Waals surface area contributed by atoms with Crippen molar-refractivity contribution in [2.75, 3.05) is 11.6 Å². The van der Waals surface area contributed by atoms with Gasteiger partial charge in [-0.25, -0.2) is 4.79 Å². The molecule has 2 rings (SSSR count). The Morgan fingerprint density at radius 2 is 1.89 bits per heavy atom. The number of carbonyl (C=O) groups is 1. The molecule has 4 nitrogen and oxygen atoms in total. The van der Waals surface area contributed by atoms with Crippen molar-refractivity contribution in [1.82, 2.24) is 9.84 Å². The van der Waals surface area contributed by atoms with Crippen molar-refractivity contribution in [2.45, 2.75) is 3.12 Å². The van der Waals surface area contributed by atoms with Crippen LogP contribution in [0, 0.1) is 0 Å². The fourth-order valence-corrected chi connectivity index (χ4v) is 2.77. The number of alkyl halides is 3. The molecule has 0 saturated carbocycles. The standard InChI is InChI=1S/C9H7BrCl3N3OS/c10-6-1-3-7(4-2-6)15-5-14-16(8(15)17)18-9(11,12)13/h1-4,14H,5H2. The summed E-state index contributed by atoms with van der Waals surface area (Å²) >= 11 is 21.0. The highest BCUT2D eigenvalue weighted by Crippen LogP contribution is 2.41. The smallest absolute Gasteiger partial charge is 0.278 e. The summed E-state index contributed by atoms with van der Waals surface area (Å²) in [5, 5.41) is 0. The Hall–Kier alpha value is 0.150. The zero-order valence-electron chi connectivity index (χ0n) is 8.74. The molecule has 0 atom stereocenters. The van der Waals surface area contributed by atoms with Crippen molar-refractivity contribution >= 4 is 74.4 Å². The van der Waals surface area contributed by atoms with Gasteiger partial charge in [0.05, 0.1) is 6.67 Å². The summed E-state index contributed by atoms with van der Waals surface area (Å²) in [6, 6.07) is 7.08. The molecule has 1 N–H and O–H groups in total. The van der Waals surface area contributed by atoms with E-state index in [0.29, 0.717) is 6.67 Å². The number of halogens is 4. The van der Waals surface area contributed by atoms with Gasteiger partial charge >= 0.3 is 6.03 Å². The Kier molecular flexibility index (Phi) is 4.57. The van der Waals surface area contributed by atoms with Crippen LogP contribution in [0.4, 0.5) is 10.5 Å². The van der Waals surface area contributed by atoms with E-state index in [0.717, 1.165) is 22.1 Å². The van der Waals surface area contributed by atoms with Gasteiger partial charge in [0.15, 0.2) is 0 Å². The van der Waals surface area contributed by atoms with E-state index in [-0.39, 0.29) is 6.03 Å². The first kappa shape index (κ1) is 14.6. The SMILES string of the molecule is O=C1N(SC(Cl)(Cl)Cl)NCN1c1ccc(Br)cc1. The van der Waals surface area contributed by atoms with Crippen LogP contribution in [-0.2, 0) is 0 Å². The summed E-state index contributed by atoms with van der Waals surface area (Å²) in [5.41, 5.74) is 3.60. The first-order chi connectivity index (χ1) is 8.37. The van der Waals surface area contributed by atoms with Gasteiger partial charge in [0, 0.05) is 22.1 Å². The molecule has 0 bridgehead atoms. The maximum atomic E-state index is 12.0. The highest BCUT2D eigenvalue weighted by atomic mass is 79.9. The number of anilines is 1. The topological polar surface area (TPSA) is 35.6 Å². The molecule has 98 valence electrons. The Morgan fingerprint density at radius 3 is 2.44 bits per heavy atom. The molecule has 1 heterocycles. The molecule has 1 aliphatic heterocycles. The van der Waals surface area contributed by atoms with Gasteiger partial charge in [-0.1, -0.05) is 50.7 Å². The van der Waals surface area contributed by atoms with Crippen LogP contribution >= 0.6 is 62.7 Å². The van der Waals surface area contributed by atoms with Crippen LogP contribution in [-0.4, -0.2) is 20.2 Å². The number of rotatable bonds is 2. The van der Waals surface area contributed by atoms with E-state index in [1.165, 1.54) is 9.31 Å². The van der Waals surface area contributed by atoms with Crippen LogP contribution < -0.4 is 10.3 Å². The Morgan fingerprint density at radius 1 is 1.28 bits per heavy atom. The molecule has 0 radical (unpaired) electrons. The van der Waals surface area contributed by atoms with Gasteiger partial charge < -0.3 is 0 Å². The van der Waals surface area contributed by atoms with Crippen LogP contribution in [0.15, 0.2) is 28.7 Å². The van der Waals surface area contributed by atoms with Gasteiger partial charge in [-0.15, -0.1) is 0 Å². The van der Waals surface area contributed by atoms with Crippen LogP contribution in [0.5, 0.6) is 0 Å². The molecule has 9 heteroatoms. The summed E-state index contributed by atoms with van der Waals surface area (Å²) in [4.78, 5) is 13.6. The monoisotopic (exact) mass is 389 g/mol. The van der Waals surface area contributed by atoms with E-state index < -0.39 is 3.12 Å². The predicted octanol–water partition coefficient (Wildman–Crippen LogP) is 4.13. The average Bonchev–Trinajstić information content (AvgIpc) is 2.60. The van der Waals surface area contributed by atoms with Crippen molar-refractivity contribution in [3.8, 4) is 0 Å². The zero-order valence-corrected chi connectivity index (χ0v) is 13.4. The largest absolute Gasteiger partial charge is 0.350 e. The van der Waals surface area contributed by atoms with Crippen LogP contribution in [0.25, 0.3) is 0 Å². The fraction of sp³-hybridized carbons (Fsp3) is 0.222. The normalized spacial score (nSPS) is 16.6. The van der Waals surface area contributed by atoms with Gasteiger partial charge in [0.1, 0.15) is 0 Å². The van der Waals surface area contributed by atoms with Crippen molar-refractivity contribution in [3.05, 3.63) is 28.7 Å². The molecule has 0 unspecified atom stereocenters. The molecule has 1 aromatic rings. The van der Waals surface area contributed by atoms with Crippen molar-refractivity contribution in [3.63, 3.8) is 0 Å². The second-order valence-electron chi connectivity index (χ2n) is 3.33. The maximum Gasteiger partial charge on any atom is 0.350 e. The van der Waals surface area contributed by atoms with Crippen molar-refractivity contribution in [1.29, 1.82) is 0 Å². The third kappa shape index (κ3) is 3.59. The third-order valence-corrected chi connectivity index (χ3v) is 3.93. The number of amides is 2. The van der Waals surface area contributed by atoms with E-state index >= 15 is 0 Å². The van der Waals surface area contributed by atoms with E-state index in [9.17, 15) is 4.79 Å². The molecular formula is C9H7BrCl3N3OS. The van der Waals surface area contributed by atoms with Crippen LogP contribution in [0.2, 0.25) is 0 Å². The lowest BCUT2D eigenvalue weighted by Crippen LogP contribution is -2.31. The van der Waals surface area contributed by atoms with Crippen LogP contribution in [0.3, 0.4) is 0 Å². The number of hydrazine groups is 1. The molecule has 0 aliphatic carbocycles. The molecule has 18 heavy (non-hydrogen) atoms. The van der Waals surface area contributed by atoms with Crippen molar-refractivity contribution < 1.29 is 4.79 Å². The average molecular weight is 392 g/mol. The molecule has 1 saturated heterocycles. The highest BCUT2D eigenvalue weighted by Gasteiger charge is 2.36. The minimum absolute atomic E-state index is 0.284. The molecule has 1 fully saturated rings. The number of carbonyl (C=O) groups excluding carboxylic acids is 1. The Bertz CT molecular complexity index is 453. The minimum atomic E-state index is -1.58. The summed E-state index contributed by atoms with van der Waals surface area (Å²) < 4.78 is 0.561. The minimum Gasteiger partial charge on any atom is -0.278 e. The fourth-order valence-electron chi connectivity index (χ4n) is 1.38. The number of hydrogen-bond acceptors (Lipinski definition) is 3. The number of nitrogens with zero attached hydrogens (tertiary/aromatic N) is 2. The summed E-state index contributed by atoms with van der Waals surface area (Å²) in [6.07, 6.45) is 0. The first-order valence-electron chi connectivity index (χ1n) is 4.73. The predicted molar refractivity (Wildman–Crippen MR) is 79.7 cm³/mol. The number of nitrogens with one attached hydrogen (secondary N) is 1. The first-order valence-corrected chi connectivity index (χ1v) is 7.43. The summed E-state index contributed by atoms with van der Waals surface area (Å²) in [7, 11) is 0. The molecule has 1 aliphatic rings. The Balaban J connectivity index is 2.10. The Labute approximate surface area is 132 Å². The molecular weight excluding hydrogens is 384 g/mol. The number of hydrogen-bond donors (Lipinski definition) is 1. The number of urea groups is 1. The lowest BCUT2D eigenvalue weighted by atomic mass is 10.3. The van der Waals surface area contributed by atoms with E-state index in [1.807, 2.05) is 24.3 Å². The van der Waals surface area contributed by atoms with Gasteiger partial charge in [-0.2, -0.15) is 9.84 Å². The third-order valence-electron chi connectivity index (χ3n) is 2.11. The highest BCUT2D eigenvalue weighted by molar-refractivity contribution is 9.10. The molecule has 0 aromatic heterocycles. The van der Waals surface area contributed by atoms with E-state index in [1.54, 1.807) is 0 Å². The number of benzene rings is 1.